The molecule has 2 heterocycles. The first-order valence-electron chi connectivity index (χ1n) is 5.88. The van der Waals surface area contributed by atoms with Crippen molar-refractivity contribution in [3.63, 3.8) is 0 Å². The third kappa shape index (κ3) is 3.20. The van der Waals surface area contributed by atoms with Crippen molar-refractivity contribution < 1.29 is 9.90 Å². The van der Waals surface area contributed by atoms with Crippen LogP contribution in [0, 0.1) is 2.88 Å². The van der Waals surface area contributed by atoms with E-state index < -0.39 is 0 Å². The van der Waals surface area contributed by atoms with Gasteiger partial charge in [0.1, 0.15) is 0 Å². The van der Waals surface area contributed by atoms with Crippen LogP contribution in [-0.2, 0) is 0 Å². The molecule has 17 heavy (non-hydrogen) atoms. The van der Waals surface area contributed by atoms with Crippen LogP contribution in [0.5, 0.6) is 0 Å². The number of amides is 1. The molecule has 0 radical (unpaired) electrons. The van der Waals surface area contributed by atoms with Gasteiger partial charge in [-0.1, -0.05) is 0 Å². The largest absolute Gasteiger partial charge is 0.396 e. The minimum Gasteiger partial charge on any atom is -0.396 e. The summed E-state index contributed by atoms with van der Waals surface area (Å²) >= 11 is 3.85. The summed E-state index contributed by atoms with van der Waals surface area (Å²) in [5.41, 5.74) is 0.815. The van der Waals surface area contributed by atoms with Crippen LogP contribution in [0.1, 0.15) is 36.0 Å². The number of carbonyl (C=O) groups is 1. The number of thiophene rings is 1. The van der Waals surface area contributed by atoms with Crippen LogP contribution >= 0.6 is 33.9 Å². The molecule has 1 unspecified atom stereocenters. The highest BCUT2D eigenvalue weighted by Crippen LogP contribution is 2.25. The number of hydrogen-bond donors (Lipinski definition) is 1. The molecule has 2 rings (SSSR count). The van der Waals surface area contributed by atoms with Crippen LogP contribution in [0.4, 0.5) is 0 Å². The summed E-state index contributed by atoms with van der Waals surface area (Å²) < 4.78 is 1.15. The highest BCUT2D eigenvalue weighted by molar-refractivity contribution is 14.1. The molecule has 3 nitrogen and oxygen atoms in total. The normalized spacial score (nSPS) is 19.9. The van der Waals surface area contributed by atoms with Crippen LogP contribution < -0.4 is 0 Å². The second kappa shape index (κ2) is 6.15. The Balaban J connectivity index is 2.03. The molecular weight excluding hydrogens is 349 g/mol. The van der Waals surface area contributed by atoms with Gasteiger partial charge in [0.25, 0.3) is 5.91 Å². The highest BCUT2D eigenvalue weighted by atomic mass is 127. The summed E-state index contributed by atoms with van der Waals surface area (Å²) in [6, 6.07) is 2.28. The molecule has 5 heteroatoms. The quantitative estimate of drug-likeness (QED) is 0.834. The first-order chi connectivity index (χ1) is 8.22. The zero-order valence-corrected chi connectivity index (χ0v) is 12.5. The number of carbonyl (C=O) groups excluding carboxylic acids is 1. The van der Waals surface area contributed by atoms with Crippen LogP contribution in [-0.4, -0.2) is 35.1 Å². The van der Waals surface area contributed by atoms with E-state index in [1.165, 1.54) is 0 Å². The lowest BCUT2D eigenvalue weighted by Gasteiger charge is -2.24. The zero-order valence-electron chi connectivity index (χ0n) is 9.56. The van der Waals surface area contributed by atoms with Crippen molar-refractivity contribution in [2.75, 3.05) is 13.2 Å². The maximum atomic E-state index is 12.3. The zero-order chi connectivity index (χ0) is 12.3. The van der Waals surface area contributed by atoms with Crippen molar-refractivity contribution >= 4 is 39.8 Å². The van der Waals surface area contributed by atoms with E-state index in [2.05, 4.69) is 22.6 Å². The summed E-state index contributed by atoms with van der Waals surface area (Å²) in [6.45, 7) is 1.08. The van der Waals surface area contributed by atoms with Crippen LogP contribution in [0.15, 0.2) is 11.4 Å². The average molecular weight is 365 g/mol. The summed E-state index contributed by atoms with van der Waals surface area (Å²) in [7, 11) is 0. The monoisotopic (exact) mass is 365 g/mol. The third-order valence-corrected chi connectivity index (χ3v) is 4.94. The summed E-state index contributed by atoms with van der Waals surface area (Å²) in [5, 5.41) is 10.8. The lowest BCUT2D eigenvalue weighted by atomic mass is 10.1. The van der Waals surface area contributed by atoms with Crippen molar-refractivity contribution in [3.8, 4) is 0 Å². The summed E-state index contributed by atoms with van der Waals surface area (Å²) in [5.74, 6) is 0.157. The number of aliphatic hydroxyl groups excluding tert-OH is 1. The number of aliphatic hydroxyl groups is 1. The van der Waals surface area contributed by atoms with Gasteiger partial charge in [0.2, 0.25) is 0 Å². The first-order valence-corrected chi connectivity index (χ1v) is 7.84. The van der Waals surface area contributed by atoms with E-state index in [4.69, 9.17) is 5.11 Å². The Morgan fingerprint density at radius 3 is 3.12 bits per heavy atom. The molecule has 0 saturated carbocycles. The van der Waals surface area contributed by atoms with Gasteiger partial charge in [-0.05, 0) is 54.3 Å². The van der Waals surface area contributed by atoms with Crippen molar-refractivity contribution in [2.24, 2.45) is 0 Å². The van der Waals surface area contributed by atoms with E-state index in [-0.39, 0.29) is 12.5 Å². The fraction of sp³-hybridized carbons (Fsp3) is 0.583. The van der Waals surface area contributed by atoms with E-state index in [0.717, 1.165) is 40.7 Å². The predicted octanol–water partition coefficient (Wildman–Crippen LogP) is 2.73. The molecule has 0 aromatic carbocycles. The Kier molecular flexibility index (Phi) is 4.81. The average Bonchev–Trinajstić information content (AvgIpc) is 2.94. The number of halogens is 1. The lowest BCUT2D eigenvalue weighted by Crippen LogP contribution is -2.35. The molecule has 1 aliphatic rings. The molecule has 1 amide bonds. The van der Waals surface area contributed by atoms with Gasteiger partial charge in [-0.2, -0.15) is 0 Å². The van der Waals surface area contributed by atoms with Crippen LogP contribution in [0.3, 0.4) is 0 Å². The molecule has 0 aliphatic carbocycles. The van der Waals surface area contributed by atoms with Gasteiger partial charge in [-0.25, -0.2) is 0 Å². The maximum Gasteiger partial charge on any atom is 0.254 e. The van der Waals surface area contributed by atoms with Gasteiger partial charge in [-0.3, -0.25) is 4.79 Å². The van der Waals surface area contributed by atoms with Gasteiger partial charge >= 0.3 is 0 Å². The fourth-order valence-corrected chi connectivity index (χ4v) is 3.64. The van der Waals surface area contributed by atoms with Crippen LogP contribution in [0.25, 0.3) is 0 Å². The van der Waals surface area contributed by atoms with E-state index in [1.54, 1.807) is 11.3 Å². The Morgan fingerprint density at radius 1 is 1.65 bits per heavy atom. The van der Waals surface area contributed by atoms with E-state index >= 15 is 0 Å². The fourth-order valence-electron chi connectivity index (χ4n) is 2.32. The molecule has 0 spiro atoms. The molecule has 1 atom stereocenters. The van der Waals surface area contributed by atoms with Crippen molar-refractivity contribution in [1.29, 1.82) is 0 Å². The molecule has 1 N–H and O–H groups in total. The smallest absolute Gasteiger partial charge is 0.254 e. The maximum absolute atomic E-state index is 12.3. The minimum atomic E-state index is 0.157. The lowest BCUT2D eigenvalue weighted by molar-refractivity contribution is 0.0725. The molecule has 1 saturated heterocycles. The Bertz CT molecular complexity index is 394. The second-order valence-corrected chi connectivity index (χ2v) is 7.11. The van der Waals surface area contributed by atoms with Gasteiger partial charge in [0.15, 0.2) is 0 Å². The molecule has 1 fully saturated rings. The van der Waals surface area contributed by atoms with Crippen molar-refractivity contribution in [3.05, 3.63) is 19.9 Å². The topological polar surface area (TPSA) is 40.5 Å². The summed E-state index contributed by atoms with van der Waals surface area (Å²) in [4.78, 5) is 14.3. The molecule has 94 valence electrons. The van der Waals surface area contributed by atoms with E-state index in [9.17, 15) is 4.79 Å². The number of hydrogen-bond acceptors (Lipinski definition) is 3. The second-order valence-electron chi connectivity index (χ2n) is 4.30. The SMILES string of the molecule is O=C(c1csc(I)c1)N1CCCC1CCCO. The van der Waals surface area contributed by atoms with Crippen molar-refractivity contribution in [1.82, 2.24) is 4.90 Å². The number of nitrogens with zero attached hydrogens (tertiary/aromatic N) is 1. The van der Waals surface area contributed by atoms with Crippen molar-refractivity contribution in [2.45, 2.75) is 31.7 Å². The van der Waals surface area contributed by atoms with E-state index in [1.807, 2.05) is 16.3 Å². The predicted molar refractivity (Wildman–Crippen MR) is 77.4 cm³/mol. The van der Waals surface area contributed by atoms with Gasteiger partial charge in [-0.15, -0.1) is 11.3 Å². The third-order valence-electron chi connectivity index (χ3n) is 3.15. The molecule has 1 aromatic heterocycles. The van der Waals surface area contributed by atoms with Gasteiger partial charge in [0.05, 0.1) is 8.45 Å². The molecule has 0 bridgehead atoms. The molecule has 1 aliphatic heterocycles. The number of rotatable bonds is 4. The Labute approximate surface area is 119 Å². The Hall–Kier alpha value is -0.140. The highest BCUT2D eigenvalue weighted by Gasteiger charge is 2.29. The molecular formula is C12H16INO2S. The van der Waals surface area contributed by atoms with Crippen LogP contribution in [0.2, 0.25) is 0 Å². The molecule has 1 aromatic rings. The Morgan fingerprint density at radius 2 is 2.47 bits per heavy atom. The standard InChI is InChI=1S/C12H16INO2S/c13-11-7-9(8-17-11)12(16)14-5-1-3-10(14)4-2-6-15/h7-8,10,15H,1-6H2. The minimum absolute atomic E-state index is 0.157. The summed E-state index contributed by atoms with van der Waals surface area (Å²) in [6.07, 6.45) is 3.87. The number of likely N-dealkylation sites (tertiary alicyclic amines) is 1. The van der Waals surface area contributed by atoms with Gasteiger partial charge in [0, 0.05) is 24.6 Å². The van der Waals surface area contributed by atoms with E-state index in [0.29, 0.717) is 6.04 Å². The first kappa shape index (κ1) is 13.3. The van der Waals surface area contributed by atoms with Gasteiger partial charge < -0.3 is 10.0 Å².